The topological polar surface area (TPSA) is 105 Å². The van der Waals surface area contributed by atoms with Crippen molar-refractivity contribution in [2.24, 2.45) is 0 Å². The van der Waals surface area contributed by atoms with E-state index in [0.717, 1.165) is 30.1 Å². The number of rotatable bonds is 8. The minimum Gasteiger partial charge on any atom is -0.493 e. The number of ether oxygens (including phenoxy) is 1. The summed E-state index contributed by atoms with van der Waals surface area (Å²) >= 11 is 0. The second-order valence-electron chi connectivity index (χ2n) is 5.91. The van der Waals surface area contributed by atoms with E-state index in [0.29, 0.717) is 24.8 Å². The molecule has 0 bridgehead atoms. The zero-order valence-electron chi connectivity index (χ0n) is 14.9. The van der Waals surface area contributed by atoms with E-state index in [1.54, 1.807) is 24.3 Å². The Labute approximate surface area is 153 Å². The molecule has 0 radical (unpaired) electrons. The fraction of sp³-hybridized carbons (Fsp3) is 0.412. The van der Waals surface area contributed by atoms with Gasteiger partial charge in [0.25, 0.3) is 0 Å². The van der Waals surface area contributed by atoms with Crippen molar-refractivity contribution in [3.05, 3.63) is 35.7 Å². The van der Waals surface area contributed by atoms with Gasteiger partial charge in [-0.2, -0.15) is 0 Å². The Morgan fingerprint density at radius 2 is 1.88 bits per heavy atom. The monoisotopic (exact) mass is 377 g/mol. The molecule has 2 aromatic rings. The molecule has 0 aliphatic carbocycles. The van der Waals surface area contributed by atoms with E-state index in [4.69, 9.17) is 4.74 Å². The molecule has 0 saturated carbocycles. The van der Waals surface area contributed by atoms with Crippen molar-refractivity contribution < 1.29 is 13.2 Å². The van der Waals surface area contributed by atoms with E-state index < -0.39 is 10.0 Å². The summed E-state index contributed by atoms with van der Waals surface area (Å²) in [4.78, 5) is 8.83. The van der Waals surface area contributed by atoms with Crippen LogP contribution in [0.1, 0.15) is 18.3 Å². The van der Waals surface area contributed by atoms with Gasteiger partial charge in [-0.05, 0) is 37.6 Å². The lowest BCUT2D eigenvalue weighted by molar-refractivity contribution is 0.356. The minimum atomic E-state index is -3.55. The number of hydrogen-bond donors (Lipinski definition) is 3. The summed E-state index contributed by atoms with van der Waals surface area (Å²) in [5.74, 6) is 2.80. The van der Waals surface area contributed by atoms with Crippen molar-refractivity contribution in [1.29, 1.82) is 0 Å². The molecule has 3 rings (SSSR count). The van der Waals surface area contributed by atoms with Gasteiger partial charge in [0.2, 0.25) is 10.0 Å². The van der Waals surface area contributed by atoms with Crippen LogP contribution in [0.4, 0.5) is 11.6 Å². The molecule has 1 aromatic heterocycles. The molecule has 2 heterocycles. The zero-order chi connectivity index (χ0) is 18.6. The standard InChI is InChI=1S/C17H23N5O3S/c1-3-18-16-11-17(22-12(2)21-16)19-7-8-20-26(23,24)14-4-5-15-13(10-14)6-9-25-15/h4-5,10-11,20H,3,6-9H2,1-2H3,(H2,18,19,21,22). The van der Waals surface area contributed by atoms with E-state index >= 15 is 0 Å². The fourth-order valence-electron chi connectivity index (χ4n) is 2.72. The summed E-state index contributed by atoms with van der Waals surface area (Å²) in [5.41, 5.74) is 0.929. The highest BCUT2D eigenvalue weighted by atomic mass is 32.2. The van der Waals surface area contributed by atoms with Gasteiger partial charge < -0.3 is 15.4 Å². The molecular weight excluding hydrogens is 354 g/mol. The maximum absolute atomic E-state index is 12.4. The van der Waals surface area contributed by atoms with Crippen molar-refractivity contribution in [3.63, 3.8) is 0 Å². The van der Waals surface area contributed by atoms with Crippen LogP contribution < -0.4 is 20.1 Å². The summed E-state index contributed by atoms with van der Waals surface area (Å²) in [6.07, 6.45) is 0.738. The molecule has 0 unspecified atom stereocenters. The number of aromatic nitrogens is 2. The van der Waals surface area contributed by atoms with Crippen LogP contribution in [-0.4, -0.2) is 44.6 Å². The Balaban J connectivity index is 1.56. The SMILES string of the molecule is CCNc1cc(NCCNS(=O)(=O)c2ccc3c(c2)CCO3)nc(C)n1. The highest BCUT2D eigenvalue weighted by Gasteiger charge is 2.18. The summed E-state index contributed by atoms with van der Waals surface area (Å²) in [5, 5.41) is 6.24. The van der Waals surface area contributed by atoms with Crippen LogP contribution in [0.3, 0.4) is 0 Å². The van der Waals surface area contributed by atoms with E-state index in [9.17, 15) is 8.42 Å². The molecule has 1 aliphatic rings. The van der Waals surface area contributed by atoms with Gasteiger partial charge in [0.05, 0.1) is 11.5 Å². The molecule has 9 heteroatoms. The van der Waals surface area contributed by atoms with E-state index in [1.165, 1.54) is 0 Å². The lowest BCUT2D eigenvalue weighted by Gasteiger charge is -2.11. The van der Waals surface area contributed by atoms with Crippen LogP contribution in [0, 0.1) is 6.92 Å². The predicted molar refractivity (Wildman–Crippen MR) is 100 cm³/mol. The summed E-state index contributed by atoms with van der Waals surface area (Å²) in [6, 6.07) is 6.75. The number of nitrogens with one attached hydrogen (secondary N) is 3. The Morgan fingerprint density at radius 1 is 1.12 bits per heavy atom. The molecule has 1 aromatic carbocycles. The van der Waals surface area contributed by atoms with Gasteiger partial charge in [-0.1, -0.05) is 0 Å². The van der Waals surface area contributed by atoms with Crippen LogP contribution in [0.15, 0.2) is 29.2 Å². The van der Waals surface area contributed by atoms with Crippen molar-refractivity contribution in [3.8, 4) is 5.75 Å². The van der Waals surface area contributed by atoms with Gasteiger partial charge in [-0.3, -0.25) is 0 Å². The van der Waals surface area contributed by atoms with E-state index in [1.807, 2.05) is 13.8 Å². The van der Waals surface area contributed by atoms with Gasteiger partial charge in [0.15, 0.2) is 0 Å². The summed E-state index contributed by atoms with van der Waals surface area (Å²) in [6.45, 7) is 5.83. The summed E-state index contributed by atoms with van der Waals surface area (Å²) < 4.78 is 32.9. The van der Waals surface area contributed by atoms with Crippen molar-refractivity contribution in [1.82, 2.24) is 14.7 Å². The number of aryl methyl sites for hydroxylation is 1. The number of nitrogens with zero attached hydrogens (tertiary/aromatic N) is 2. The molecule has 3 N–H and O–H groups in total. The predicted octanol–water partition coefficient (Wildman–Crippen LogP) is 1.54. The number of fused-ring (bicyclic) bond motifs is 1. The second kappa shape index (κ2) is 7.88. The van der Waals surface area contributed by atoms with E-state index in [-0.39, 0.29) is 11.4 Å². The van der Waals surface area contributed by atoms with Crippen LogP contribution >= 0.6 is 0 Å². The number of hydrogen-bond acceptors (Lipinski definition) is 7. The highest BCUT2D eigenvalue weighted by molar-refractivity contribution is 7.89. The molecule has 1 aliphatic heterocycles. The molecule has 0 spiro atoms. The fourth-order valence-corrected chi connectivity index (χ4v) is 3.80. The molecule has 0 fully saturated rings. The Bertz CT molecular complexity index is 886. The van der Waals surface area contributed by atoms with Crippen molar-refractivity contribution in [2.75, 3.05) is 36.9 Å². The number of benzene rings is 1. The van der Waals surface area contributed by atoms with Gasteiger partial charge in [-0.15, -0.1) is 0 Å². The lowest BCUT2D eigenvalue weighted by Crippen LogP contribution is -2.29. The first-order valence-corrected chi connectivity index (χ1v) is 10.0. The Kier molecular flexibility index (Phi) is 5.58. The maximum Gasteiger partial charge on any atom is 0.240 e. The second-order valence-corrected chi connectivity index (χ2v) is 7.68. The normalized spacial score (nSPS) is 13.2. The molecular formula is C17H23N5O3S. The van der Waals surface area contributed by atoms with Crippen LogP contribution in [0.25, 0.3) is 0 Å². The molecule has 0 atom stereocenters. The zero-order valence-corrected chi connectivity index (χ0v) is 15.7. The molecule has 26 heavy (non-hydrogen) atoms. The molecule has 0 amide bonds. The number of anilines is 2. The lowest BCUT2D eigenvalue weighted by atomic mass is 10.2. The maximum atomic E-state index is 12.4. The molecule has 8 nitrogen and oxygen atoms in total. The van der Waals surface area contributed by atoms with Gasteiger partial charge in [0, 0.05) is 32.1 Å². The first-order valence-electron chi connectivity index (χ1n) is 8.57. The van der Waals surface area contributed by atoms with Crippen molar-refractivity contribution >= 4 is 21.7 Å². The Hall–Kier alpha value is -2.39. The van der Waals surface area contributed by atoms with Gasteiger partial charge in [-0.25, -0.2) is 23.1 Å². The smallest absolute Gasteiger partial charge is 0.240 e. The highest BCUT2D eigenvalue weighted by Crippen LogP contribution is 2.27. The van der Waals surface area contributed by atoms with Gasteiger partial charge >= 0.3 is 0 Å². The largest absolute Gasteiger partial charge is 0.493 e. The summed E-state index contributed by atoms with van der Waals surface area (Å²) in [7, 11) is -3.55. The van der Waals surface area contributed by atoms with Crippen LogP contribution in [0.5, 0.6) is 5.75 Å². The molecule has 0 saturated heterocycles. The van der Waals surface area contributed by atoms with Crippen molar-refractivity contribution in [2.45, 2.75) is 25.2 Å². The van der Waals surface area contributed by atoms with Crippen LogP contribution in [-0.2, 0) is 16.4 Å². The third kappa shape index (κ3) is 4.41. The first kappa shape index (κ1) is 18.4. The van der Waals surface area contributed by atoms with Crippen LogP contribution in [0.2, 0.25) is 0 Å². The first-order chi connectivity index (χ1) is 12.5. The third-order valence-electron chi connectivity index (χ3n) is 3.89. The van der Waals surface area contributed by atoms with Gasteiger partial charge in [0.1, 0.15) is 23.2 Å². The minimum absolute atomic E-state index is 0.246. The Morgan fingerprint density at radius 3 is 2.65 bits per heavy atom. The number of sulfonamides is 1. The van der Waals surface area contributed by atoms with E-state index in [2.05, 4.69) is 25.3 Å². The molecule has 140 valence electrons. The quantitative estimate of drug-likeness (QED) is 0.599. The third-order valence-corrected chi connectivity index (χ3v) is 5.35. The average molecular weight is 377 g/mol. The average Bonchev–Trinajstić information content (AvgIpc) is 3.06.